The molecule has 0 aromatic heterocycles. The minimum Gasteiger partial charge on any atom is -0.382 e. The van der Waals surface area contributed by atoms with Gasteiger partial charge in [0.2, 0.25) is 0 Å². The lowest BCUT2D eigenvalue weighted by atomic mass is 10.1. The van der Waals surface area contributed by atoms with Crippen LogP contribution in [0.4, 0.5) is 5.69 Å². The molecule has 1 aromatic carbocycles. The van der Waals surface area contributed by atoms with Crippen LogP contribution in [0.1, 0.15) is 30.1 Å². The van der Waals surface area contributed by atoms with Gasteiger partial charge in [0.25, 0.3) is 5.91 Å². The number of halogens is 1. The molecule has 1 amide bonds. The number of rotatable bonds is 8. The van der Waals surface area contributed by atoms with Crippen molar-refractivity contribution in [2.75, 3.05) is 25.1 Å². The van der Waals surface area contributed by atoms with Gasteiger partial charge in [0, 0.05) is 23.9 Å². The normalized spacial score (nSPS) is 10.3. The van der Waals surface area contributed by atoms with Crippen molar-refractivity contribution in [1.29, 1.82) is 0 Å². The Hall–Kier alpha value is -1.26. The van der Waals surface area contributed by atoms with Crippen LogP contribution in [0, 0.1) is 0 Å². The third kappa shape index (κ3) is 4.94. The minimum atomic E-state index is -0.494. The summed E-state index contributed by atoms with van der Waals surface area (Å²) in [5.41, 5.74) is 6.37. The van der Waals surface area contributed by atoms with Crippen LogP contribution in [0.15, 0.2) is 18.2 Å². The van der Waals surface area contributed by atoms with Gasteiger partial charge in [0.15, 0.2) is 0 Å². The number of nitrogens with two attached hydrogens (primary N) is 1. The Morgan fingerprint density at radius 1 is 1.44 bits per heavy atom. The Morgan fingerprint density at radius 3 is 2.89 bits per heavy atom. The van der Waals surface area contributed by atoms with Crippen LogP contribution in [-0.4, -0.2) is 25.7 Å². The van der Waals surface area contributed by atoms with E-state index in [2.05, 4.69) is 12.2 Å². The molecule has 100 valence electrons. The fourth-order valence-corrected chi connectivity index (χ4v) is 1.65. The van der Waals surface area contributed by atoms with Crippen LogP contribution < -0.4 is 11.1 Å². The Bertz CT molecular complexity index is 397. The molecule has 1 rings (SSSR count). The number of nitrogens with one attached hydrogen (secondary N) is 1. The molecule has 0 aliphatic heterocycles. The van der Waals surface area contributed by atoms with Crippen LogP contribution in [0.2, 0.25) is 5.02 Å². The second-order valence-electron chi connectivity index (χ2n) is 3.95. The van der Waals surface area contributed by atoms with Crippen molar-refractivity contribution in [2.45, 2.75) is 19.8 Å². The van der Waals surface area contributed by atoms with E-state index in [0.29, 0.717) is 29.4 Å². The van der Waals surface area contributed by atoms with Gasteiger partial charge in [-0.15, -0.1) is 0 Å². The summed E-state index contributed by atoms with van der Waals surface area (Å²) in [7, 11) is 0. The third-order valence-electron chi connectivity index (χ3n) is 2.45. The number of hydrogen-bond donors (Lipinski definition) is 2. The van der Waals surface area contributed by atoms with E-state index >= 15 is 0 Å². The highest BCUT2D eigenvalue weighted by molar-refractivity contribution is 6.31. The lowest BCUT2D eigenvalue weighted by molar-refractivity contribution is 0.100. The number of unbranched alkanes of at least 4 members (excludes halogenated alkanes) is 1. The summed E-state index contributed by atoms with van der Waals surface area (Å²) in [5.74, 6) is -0.494. The first kappa shape index (κ1) is 14.8. The predicted molar refractivity (Wildman–Crippen MR) is 74.2 cm³/mol. The molecule has 1 aromatic rings. The lowest BCUT2D eigenvalue weighted by Gasteiger charge is -2.10. The Balaban J connectivity index is 2.44. The number of hydrogen-bond acceptors (Lipinski definition) is 3. The first-order valence-electron chi connectivity index (χ1n) is 6.06. The Labute approximate surface area is 112 Å². The smallest absolute Gasteiger partial charge is 0.250 e. The Kier molecular flexibility index (Phi) is 6.54. The second-order valence-corrected chi connectivity index (χ2v) is 4.38. The second kappa shape index (κ2) is 7.95. The molecular weight excluding hydrogens is 252 g/mol. The van der Waals surface area contributed by atoms with Gasteiger partial charge < -0.3 is 15.8 Å². The molecule has 0 aliphatic rings. The summed E-state index contributed by atoms with van der Waals surface area (Å²) < 4.78 is 5.42. The van der Waals surface area contributed by atoms with E-state index in [1.807, 2.05) is 0 Å². The number of ether oxygens (including phenoxy) is 1. The largest absolute Gasteiger partial charge is 0.382 e. The molecule has 0 saturated heterocycles. The highest BCUT2D eigenvalue weighted by atomic mass is 35.5. The van der Waals surface area contributed by atoms with Crippen molar-refractivity contribution >= 4 is 23.2 Å². The van der Waals surface area contributed by atoms with E-state index < -0.39 is 5.91 Å². The molecular formula is C13H19ClN2O2. The fraction of sp³-hybridized carbons (Fsp3) is 0.462. The third-order valence-corrected chi connectivity index (χ3v) is 2.69. The topological polar surface area (TPSA) is 64.3 Å². The number of anilines is 1. The van der Waals surface area contributed by atoms with E-state index in [1.54, 1.807) is 18.2 Å². The summed E-state index contributed by atoms with van der Waals surface area (Å²) in [5, 5.41) is 3.61. The maximum Gasteiger partial charge on any atom is 0.250 e. The van der Waals surface area contributed by atoms with Crippen LogP contribution >= 0.6 is 11.6 Å². The highest BCUT2D eigenvalue weighted by Gasteiger charge is 2.08. The zero-order valence-electron chi connectivity index (χ0n) is 10.5. The van der Waals surface area contributed by atoms with E-state index in [0.717, 1.165) is 19.4 Å². The molecule has 0 radical (unpaired) electrons. The number of primary amides is 1. The Morgan fingerprint density at radius 2 is 2.22 bits per heavy atom. The van der Waals surface area contributed by atoms with E-state index in [-0.39, 0.29) is 0 Å². The highest BCUT2D eigenvalue weighted by Crippen LogP contribution is 2.19. The van der Waals surface area contributed by atoms with Crippen molar-refractivity contribution < 1.29 is 9.53 Å². The molecule has 0 aliphatic carbocycles. The molecule has 3 N–H and O–H groups in total. The summed E-state index contributed by atoms with van der Waals surface area (Å²) in [6.07, 6.45) is 2.18. The van der Waals surface area contributed by atoms with Crippen molar-refractivity contribution in [1.82, 2.24) is 0 Å². The molecule has 18 heavy (non-hydrogen) atoms. The van der Waals surface area contributed by atoms with Crippen LogP contribution in [0.25, 0.3) is 0 Å². The van der Waals surface area contributed by atoms with Crippen LogP contribution in [0.5, 0.6) is 0 Å². The number of carbonyl (C=O) groups excluding carboxylic acids is 1. The number of amides is 1. The average Bonchev–Trinajstić information content (AvgIpc) is 2.35. The first-order chi connectivity index (χ1) is 8.65. The molecule has 0 saturated carbocycles. The van der Waals surface area contributed by atoms with Crippen molar-refractivity contribution in [2.24, 2.45) is 5.73 Å². The van der Waals surface area contributed by atoms with Gasteiger partial charge in [-0.3, -0.25) is 4.79 Å². The summed E-state index contributed by atoms with van der Waals surface area (Å²) >= 11 is 5.82. The molecule has 0 spiro atoms. The average molecular weight is 271 g/mol. The van der Waals surface area contributed by atoms with E-state index in [9.17, 15) is 4.79 Å². The summed E-state index contributed by atoms with van der Waals surface area (Å²) in [6, 6.07) is 5.02. The summed E-state index contributed by atoms with van der Waals surface area (Å²) in [6.45, 7) is 4.11. The van der Waals surface area contributed by atoms with Gasteiger partial charge >= 0.3 is 0 Å². The number of benzene rings is 1. The minimum absolute atomic E-state index is 0.399. The lowest BCUT2D eigenvalue weighted by Crippen LogP contribution is -2.16. The zero-order valence-corrected chi connectivity index (χ0v) is 11.3. The standard InChI is InChI=1S/C13H19ClN2O2/c1-2-3-7-18-8-6-16-12-5-4-10(14)9-11(12)13(15)17/h4-5,9,16H,2-3,6-8H2,1H3,(H2,15,17). The van der Waals surface area contributed by atoms with E-state index in [4.69, 9.17) is 22.1 Å². The predicted octanol–water partition coefficient (Wildman–Crippen LogP) is 2.67. The van der Waals surface area contributed by atoms with Gasteiger partial charge in [-0.25, -0.2) is 0 Å². The van der Waals surface area contributed by atoms with Gasteiger partial charge in [-0.2, -0.15) is 0 Å². The van der Waals surface area contributed by atoms with E-state index in [1.165, 1.54) is 0 Å². The molecule has 0 heterocycles. The zero-order chi connectivity index (χ0) is 13.4. The fourth-order valence-electron chi connectivity index (χ4n) is 1.48. The van der Waals surface area contributed by atoms with Gasteiger partial charge in [-0.1, -0.05) is 24.9 Å². The maximum absolute atomic E-state index is 11.2. The van der Waals surface area contributed by atoms with Crippen molar-refractivity contribution in [3.8, 4) is 0 Å². The van der Waals surface area contributed by atoms with Gasteiger partial charge in [-0.05, 0) is 24.6 Å². The first-order valence-corrected chi connectivity index (χ1v) is 6.44. The van der Waals surface area contributed by atoms with Crippen molar-refractivity contribution in [3.05, 3.63) is 28.8 Å². The maximum atomic E-state index is 11.2. The van der Waals surface area contributed by atoms with Crippen molar-refractivity contribution in [3.63, 3.8) is 0 Å². The molecule has 4 nitrogen and oxygen atoms in total. The number of carbonyl (C=O) groups is 1. The van der Waals surface area contributed by atoms with Crippen LogP contribution in [-0.2, 0) is 4.74 Å². The van der Waals surface area contributed by atoms with Gasteiger partial charge in [0.05, 0.1) is 12.2 Å². The molecule has 0 unspecified atom stereocenters. The monoisotopic (exact) mass is 270 g/mol. The SMILES string of the molecule is CCCCOCCNc1ccc(Cl)cc1C(N)=O. The molecule has 0 bridgehead atoms. The molecule has 5 heteroatoms. The van der Waals surface area contributed by atoms with Crippen LogP contribution in [0.3, 0.4) is 0 Å². The van der Waals surface area contributed by atoms with Gasteiger partial charge in [0.1, 0.15) is 0 Å². The molecule has 0 atom stereocenters. The molecule has 0 fully saturated rings. The quantitative estimate of drug-likeness (QED) is 0.714. The summed E-state index contributed by atoms with van der Waals surface area (Å²) in [4.78, 5) is 11.2.